The molecule has 10 heteroatoms. The van der Waals surface area contributed by atoms with Gasteiger partial charge in [-0.15, -0.1) is 0 Å². The fourth-order valence-corrected chi connectivity index (χ4v) is 6.59. The van der Waals surface area contributed by atoms with Gasteiger partial charge in [0.25, 0.3) is 0 Å². The van der Waals surface area contributed by atoms with Crippen molar-refractivity contribution in [2.24, 2.45) is 11.8 Å². The van der Waals surface area contributed by atoms with Crippen molar-refractivity contribution in [3.05, 3.63) is 12.2 Å². The summed E-state index contributed by atoms with van der Waals surface area (Å²) in [7, 11) is -3.52. The van der Waals surface area contributed by atoms with Gasteiger partial charge in [-0.1, -0.05) is 57.6 Å². The zero-order valence-corrected chi connectivity index (χ0v) is 26.0. The number of nitrogens with one attached hydrogen (secondary N) is 1. The Bertz CT molecular complexity index is 911. The minimum absolute atomic E-state index is 0.0695. The second-order valence-electron chi connectivity index (χ2n) is 11.9. The molecule has 0 bridgehead atoms. The SMILES string of the molecule is CCCCC[C@@H](/C=C/[C@H]1C(=O)C[C@H](OC2CCCCO2)[C@@H]1CCCCCCC(=O)NS(C)(=O)=O)OC1CCCCO1. The molecular weight excluding hydrogens is 546 g/mol. The van der Waals surface area contributed by atoms with Crippen molar-refractivity contribution in [2.75, 3.05) is 19.5 Å². The molecule has 1 saturated carbocycles. The van der Waals surface area contributed by atoms with E-state index in [-0.39, 0.29) is 48.8 Å². The summed E-state index contributed by atoms with van der Waals surface area (Å²) in [4.78, 5) is 25.1. The van der Waals surface area contributed by atoms with Crippen LogP contribution < -0.4 is 4.72 Å². The number of Topliss-reactive ketones (excluding diaryl/α,β-unsaturated/α-hetero) is 1. The summed E-state index contributed by atoms with van der Waals surface area (Å²) in [6.07, 6.45) is 19.6. The Morgan fingerprint density at radius 1 is 1.00 bits per heavy atom. The van der Waals surface area contributed by atoms with Gasteiger partial charge in [-0.2, -0.15) is 0 Å². The van der Waals surface area contributed by atoms with E-state index in [4.69, 9.17) is 18.9 Å². The van der Waals surface area contributed by atoms with Crippen LogP contribution in [0.2, 0.25) is 0 Å². The first kappa shape index (κ1) is 34.2. The first-order chi connectivity index (χ1) is 19.7. The number of unbranched alkanes of at least 4 members (excludes halogenated alkanes) is 5. The van der Waals surface area contributed by atoms with Gasteiger partial charge in [-0.25, -0.2) is 8.42 Å². The molecule has 2 heterocycles. The third-order valence-electron chi connectivity index (χ3n) is 8.26. The van der Waals surface area contributed by atoms with Crippen LogP contribution in [0.15, 0.2) is 12.2 Å². The second kappa shape index (κ2) is 18.4. The lowest BCUT2D eigenvalue weighted by Crippen LogP contribution is -2.31. The number of rotatable bonds is 18. The van der Waals surface area contributed by atoms with E-state index in [9.17, 15) is 18.0 Å². The van der Waals surface area contributed by atoms with E-state index in [0.717, 1.165) is 103 Å². The van der Waals surface area contributed by atoms with E-state index >= 15 is 0 Å². The number of carbonyl (C=O) groups excluding carboxylic acids is 2. The highest BCUT2D eigenvalue weighted by molar-refractivity contribution is 7.89. The normalized spacial score (nSPS) is 28.2. The molecule has 2 saturated heterocycles. The average molecular weight is 600 g/mol. The summed E-state index contributed by atoms with van der Waals surface area (Å²) >= 11 is 0. The maximum Gasteiger partial charge on any atom is 0.233 e. The molecule has 1 aliphatic carbocycles. The lowest BCUT2D eigenvalue weighted by Gasteiger charge is -2.30. The Kier molecular flexibility index (Phi) is 15.3. The molecule has 6 atom stereocenters. The van der Waals surface area contributed by atoms with Crippen LogP contribution in [0.5, 0.6) is 0 Å². The molecule has 3 aliphatic rings. The molecule has 3 fully saturated rings. The molecule has 0 aromatic rings. The molecule has 236 valence electrons. The van der Waals surface area contributed by atoms with E-state index < -0.39 is 15.9 Å². The average Bonchev–Trinajstić information content (AvgIpc) is 3.22. The molecule has 3 rings (SSSR count). The maximum atomic E-state index is 13.3. The van der Waals surface area contributed by atoms with Gasteiger partial charge in [0.05, 0.1) is 18.5 Å². The Balaban J connectivity index is 1.58. The highest BCUT2D eigenvalue weighted by Crippen LogP contribution is 2.38. The van der Waals surface area contributed by atoms with Gasteiger partial charge in [0, 0.05) is 32.0 Å². The van der Waals surface area contributed by atoms with E-state index in [1.165, 1.54) is 0 Å². The minimum Gasteiger partial charge on any atom is -0.353 e. The summed E-state index contributed by atoms with van der Waals surface area (Å²) in [6, 6.07) is 0. The second-order valence-corrected chi connectivity index (χ2v) is 13.7. The largest absolute Gasteiger partial charge is 0.353 e. The summed E-state index contributed by atoms with van der Waals surface area (Å²) < 4.78 is 48.9. The smallest absolute Gasteiger partial charge is 0.233 e. The van der Waals surface area contributed by atoms with Gasteiger partial charge in [0.15, 0.2) is 12.6 Å². The van der Waals surface area contributed by atoms with Crippen LogP contribution >= 0.6 is 0 Å². The van der Waals surface area contributed by atoms with Gasteiger partial charge in [0.2, 0.25) is 15.9 Å². The molecular formula is C31H53NO8S. The number of ketones is 1. The summed E-state index contributed by atoms with van der Waals surface area (Å²) in [6.45, 7) is 3.63. The lowest BCUT2D eigenvalue weighted by molar-refractivity contribution is -0.195. The molecule has 2 unspecified atom stereocenters. The van der Waals surface area contributed by atoms with E-state index in [2.05, 4.69) is 19.1 Å². The third-order valence-corrected chi connectivity index (χ3v) is 8.86. The molecule has 0 radical (unpaired) electrons. The minimum atomic E-state index is -3.52. The van der Waals surface area contributed by atoms with Crippen LogP contribution in [0, 0.1) is 11.8 Å². The van der Waals surface area contributed by atoms with Crippen molar-refractivity contribution in [3.63, 3.8) is 0 Å². The highest BCUT2D eigenvalue weighted by Gasteiger charge is 2.42. The van der Waals surface area contributed by atoms with Crippen molar-refractivity contribution >= 4 is 21.7 Å². The van der Waals surface area contributed by atoms with Crippen LogP contribution in [-0.4, -0.2) is 64.4 Å². The maximum absolute atomic E-state index is 13.3. The number of hydrogen-bond donors (Lipinski definition) is 1. The number of ether oxygens (including phenoxy) is 4. The first-order valence-electron chi connectivity index (χ1n) is 16.0. The lowest BCUT2D eigenvalue weighted by atomic mass is 9.88. The third kappa shape index (κ3) is 13.2. The van der Waals surface area contributed by atoms with Gasteiger partial charge < -0.3 is 18.9 Å². The van der Waals surface area contributed by atoms with Crippen molar-refractivity contribution in [1.29, 1.82) is 0 Å². The van der Waals surface area contributed by atoms with E-state index in [1.54, 1.807) is 0 Å². The molecule has 0 aromatic heterocycles. The molecule has 41 heavy (non-hydrogen) atoms. The van der Waals surface area contributed by atoms with Crippen LogP contribution in [0.25, 0.3) is 0 Å². The van der Waals surface area contributed by atoms with Crippen molar-refractivity contribution in [2.45, 2.75) is 141 Å². The standard InChI is InChI=1S/C31H53NO8S/c1-3-4-7-14-24(39-30-17-10-12-21-37-30)19-20-25-26(15-8-5-6-9-16-29(34)32-41(2,35)36)28(23-27(25)33)40-31-18-11-13-22-38-31/h19-20,24-26,28,30-31H,3-18,21-23H2,1-2H3,(H,32,34)/b20-19+/t24-,25+,26+,28-,30?,31?/m0/s1. The number of carbonyl (C=O) groups is 2. The van der Waals surface area contributed by atoms with Gasteiger partial charge >= 0.3 is 0 Å². The molecule has 0 aromatic carbocycles. The van der Waals surface area contributed by atoms with Gasteiger partial charge in [-0.3, -0.25) is 14.3 Å². The van der Waals surface area contributed by atoms with Crippen LogP contribution in [0.1, 0.15) is 116 Å². The highest BCUT2D eigenvalue weighted by atomic mass is 32.2. The zero-order chi connectivity index (χ0) is 29.5. The van der Waals surface area contributed by atoms with Crippen molar-refractivity contribution in [1.82, 2.24) is 4.72 Å². The predicted octanol–water partition coefficient (Wildman–Crippen LogP) is 5.57. The molecule has 1 amide bonds. The first-order valence-corrected chi connectivity index (χ1v) is 17.9. The molecule has 1 N–H and O–H groups in total. The zero-order valence-electron chi connectivity index (χ0n) is 25.2. The van der Waals surface area contributed by atoms with Crippen LogP contribution in [0.3, 0.4) is 0 Å². The van der Waals surface area contributed by atoms with Crippen LogP contribution in [-0.2, 0) is 38.6 Å². The number of sulfonamides is 1. The number of allylic oxidation sites excluding steroid dienone is 1. The summed E-state index contributed by atoms with van der Waals surface area (Å²) in [5.74, 6) is -0.395. The monoisotopic (exact) mass is 599 g/mol. The quantitative estimate of drug-likeness (QED) is 0.161. The fraction of sp³-hybridized carbons (Fsp3) is 0.871. The number of hydrogen-bond acceptors (Lipinski definition) is 8. The van der Waals surface area contributed by atoms with Crippen molar-refractivity contribution < 1.29 is 37.0 Å². The van der Waals surface area contributed by atoms with Crippen LogP contribution in [0.4, 0.5) is 0 Å². The fourth-order valence-electron chi connectivity index (χ4n) is 6.07. The summed E-state index contributed by atoms with van der Waals surface area (Å²) in [5.41, 5.74) is 0. The van der Waals surface area contributed by atoms with Gasteiger partial charge in [0.1, 0.15) is 5.78 Å². The van der Waals surface area contributed by atoms with Crippen molar-refractivity contribution in [3.8, 4) is 0 Å². The molecule has 0 spiro atoms. The number of amides is 1. The van der Waals surface area contributed by atoms with Gasteiger partial charge in [-0.05, 0) is 63.7 Å². The van der Waals surface area contributed by atoms with E-state index in [0.29, 0.717) is 19.4 Å². The topological polar surface area (TPSA) is 117 Å². The molecule has 9 nitrogen and oxygen atoms in total. The van der Waals surface area contributed by atoms with E-state index in [1.807, 2.05) is 4.72 Å². The Morgan fingerprint density at radius 2 is 1.71 bits per heavy atom. The summed E-state index contributed by atoms with van der Waals surface area (Å²) in [5, 5.41) is 0. The Morgan fingerprint density at radius 3 is 2.37 bits per heavy atom. The Hall–Kier alpha value is -1.33. The Labute approximate surface area is 247 Å². The predicted molar refractivity (Wildman–Crippen MR) is 158 cm³/mol. The molecule has 2 aliphatic heterocycles.